The van der Waals surface area contributed by atoms with E-state index in [0.717, 1.165) is 24.4 Å². The first-order valence-corrected chi connectivity index (χ1v) is 5.85. The number of rotatable bonds is 3. The van der Waals surface area contributed by atoms with Crippen molar-refractivity contribution in [3.63, 3.8) is 0 Å². The number of amides is 1. The smallest absolute Gasteiger partial charge is 0.271 e. The van der Waals surface area contributed by atoms with Gasteiger partial charge in [-0.2, -0.15) is 5.10 Å². The van der Waals surface area contributed by atoms with Gasteiger partial charge in [-0.1, -0.05) is 6.07 Å². The molecule has 0 spiro atoms. The molecule has 2 aromatic rings. The summed E-state index contributed by atoms with van der Waals surface area (Å²) in [6, 6.07) is 7.72. The summed E-state index contributed by atoms with van der Waals surface area (Å²) >= 11 is 0. The summed E-state index contributed by atoms with van der Waals surface area (Å²) in [6.07, 6.45) is 1.15. The first-order valence-electron chi connectivity index (χ1n) is 5.85. The van der Waals surface area contributed by atoms with Crippen molar-refractivity contribution in [1.29, 1.82) is 0 Å². The van der Waals surface area contributed by atoms with E-state index in [1.807, 2.05) is 0 Å². The normalized spacial score (nSPS) is 10.7. The number of phenolic OH excluding ortho intramolecular Hbond substituents is 4. The SMILES string of the molecule is O=C(N/N=C\c1cccc(O)c1O)c1cc(O)cc(O)c1. The van der Waals surface area contributed by atoms with Gasteiger partial charge in [0.05, 0.1) is 6.21 Å². The first kappa shape index (κ1) is 14.2. The number of nitrogens with one attached hydrogen (secondary N) is 1. The monoisotopic (exact) mass is 288 g/mol. The molecule has 0 atom stereocenters. The van der Waals surface area contributed by atoms with Crippen molar-refractivity contribution >= 4 is 12.1 Å². The fourth-order valence-corrected chi connectivity index (χ4v) is 1.60. The largest absolute Gasteiger partial charge is 0.508 e. The summed E-state index contributed by atoms with van der Waals surface area (Å²) in [7, 11) is 0. The molecule has 0 aliphatic heterocycles. The second-order valence-corrected chi connectivity index (χ2v) is 4.15. The van der Waals surface area contributed by atoms with Crippen LogP contribution < -0.4 is 5.43 Å². The molecule has 2 rings (SSSR count). The Morgan fingerprint density at radius 1 is 1.05 bits per heavy atom. The Balaban J connectivity index is 2.10. The van der Waals surface area contributed by atoms with E-state index in [-0.39, 0.29) is 34.1 Å². The minimum Gasteiger partial charge on any atom is -0.508 e. The third-order valence-corrected chi connectivity index (χ3v) is 2.58. The summed E-state index contributed by atoms with van der Waals surface area (Å²) in [5.41, 5.74) is 2.40. The highest BCUT2D eigenvalue weighted by molar-refractivity contribution is 5.96. The zero-order valence-electron chi connectivity index (χ0n) is 10.7. The summed E-state index contributed by atoms with van der Waals surface area (Å²) in [5.74, 6) is -1.82. The van der Waals surface area contributed by atoms with Crippen LogP contribution in [0.3, 0.4) is 0 Å². The molecular weight excluding hydrogens is 276 g/mol. The molecule has 1 amide bonds. The lowest BCUT2D eigenvalue weighted by Crippen LogP contribution is -2.17. The number of hydrazone groups is 1. The minimum atomic E-state index is -0.655. The molecule has 0 aliphatic rings. The van der Waals surface area contributed by atoms with Crippen molar-refractivity contribution < 1.29 is 25.2 Å². The highest BCUT2D eigenvalue weighted by Gasteiger charge is 2.08. The second kappa shape index (κ2) is 5.83. The van der Waals surface area contributed by atoms with Crippen LogP contribution in [0.15, 0.2) is 41.5 Å². The van der Waals surface area contributed by atoms with Crippen molar-refractivity contribution in [2.24, 2.45) is 5.10 Å². The van der Waals surface area contributed by atoms with Crippen LogP contribution in [0, 0.1) is 0 Å². The number of hydrogen-bond donors (Lipinski definition) is 5. The molecule has 5 N–H and O–H groups in total. The molecule has 0 fully saturated rings. The van der Waals surface area contributed by atoms with Crippen LogP contribution in [0.1, 0.15) is 15.9 Å². The second-order valence-electron chi connectivity index (χ2n) is 4.15. The van der Waals surface area contributed by atoms with Crippen molar-refractivity contribution in [3.8, 4) is 23.0 Å². The number of carbonyl (C=O) groups is 1. The van der Waals surface area contributed by atoms with Crippen LogP contribution in [0.5, 0.6) is 23.0 Å². The predicted molar refractivity (Wildman–Crippen MR) is 74.6 cm³/mol. The minimum absolute atomic E-state index is 0.0183. The number of aromatic hydroxyl groups is 4. The molecule has 0 aromatic heterocycles. The van der Waals surface area contributed by atoms with E-state index in [4.69, 9.17) is 0 Å². The molecule has 0 saturated carbocycles. The van der Waals surface area contributed by atoms with Crippen LogP contribution in [0.2, 0.25) is 0 Å². The first-order chi connectivity index (χ1) is 9.97. The number of hydrogen-bond acceptors (Lipinski definition) is 6. The summed E-state index contributed by atoms with van der Waals surface area (Å²) in [4.78, 5) is 11.7. The fourth-order valence-electron chi connectivity index (χ4n) is 1.60. The number of benzene rings is 2. The maximum Gasteiger partial charge on any atom is 0.271 e. The Labute approximate surface area is 119 Å². The molecule has 0 saturated heterocycles. The maximum atomic E-state index is 11.7. The molecule has 0 unspecified atom stereocenters. The highest BCUT2D eigenvalue weighted by atomic mass is 16.3. The van der Waals surface area contributed by atoms with E-state index in [1.54, 1.807) is 0 Å². The third-order valence-electron chi connectivity index (χ3n) is 2.58. The van der Waals surface area contributed by atoms with Crippen LogP contribution in [-0.4, -0.2) is 32.5 Å². The van der Waals surface area contributed by atoms with Gasteiger partial charge in [-0.3, -0.25) is 4.79 Å². The van der Waals surface area contributed by atoms with Gasteiger partial charge in [0, 0.05) is 17.2 Å². The van der Waals surface area contributed by atoms with Crippen molar-refractivity contribution in [3.05, 3.63) is 47.5 Å². The van der Waals surface area contributed by atoms with Gasteiger partial charge in [0.25, 0.3) is 5.91 Å². The van der Waals surface area contributed by atoms with Gasteiger partial charge in [0.15, 0.2) is 11.5 Å². The number of phenols is 4. The van der Waals surface area contributed by atoms with Crippen molar-refractivity contribution in [1.82, 2.24) is 5.43 Å². The van der Waals surface area contributed by atoms with Crippen LogP contribution >= 0.6 is 0 Å². The predicted octanol–water partition coefficient (Wildman–Crippen LogP) is 1.27. The van der Waals surface area contributed by atoms with Gasteiger partial charge < -0.3 is 20.4 Å². The van der Waals surface area contributed by atoms with Crippen LogP contribution in [0.25, 0.3) is 0 Å². The molecule has 21 heavy (non-hydrogen) atoms. The zero-order chi connectivity index (χ0) is 15.4. The Kier molecular flexibility index (Phi) is 3.94. The van der Waals surface area contributed by atoms with Crippen molar-refractivity contribution in [2.75, 3.05) is 0 Å². The third kappa shape index (κ3) is 3.41. The summed E-state index contributed by atoms with van der Waals surface area (Å²) in [6.45, 7) is 0. The highest BCUT2D eigenvalue weighted by Crippen LogP contribution is 2.26. The van der Waals surface area contributed by atoms with Crippen molar-refractivity contribution in [2.45, 2.75) is 0 Å². The van der Waals surface area contributed by atoms with E-state index in [1.165, 1.54) is 18.2 Å². The summed E-state index contributed by atoms with van der Waals surface area (Å²) < 4.78 is 0. The molecule has 108 valence electrons. The van der Waals surface area contributed by atoms with E-state index in [9.17, 15) is 25.2 Å². The molecule has 7 heteroatoms. The maximum absolute atomic E-state index is 11.7. The fraction of sp³-hybridized carbons (Fsp3) is 0. The quantitative estimate of drug-likeness (QED) is 0.331. The molecular formula is C14H12N2O5. The van der Waals surface area contributed by atoms with E-state index in [0.29, 0.717) is 0 Å². The molecule has 0 bridgehead atoms. The molecule has 0 heterocycles. The Morgan fingerprint density at radius 2 is 1.71 bits per heavy atom. The lowest BCUT2D eigenvalue weighted by atomic mass is 10.2. The van der Waals surface area contributed by atoms with Gasteiger partial charge >= 0.3 is 0 Å². The van der Waals surface area contributed by atoms with Gasteiger partial charge in [-0.05, 0) is 24.3 Å². The van der Waals surface area contributed by atoms with Gasteiger partial charge in [-0.25, -0.2) is 5.43 Å². The molecule has 2 aromatic carbocycles. The average molecular weight is 288 g/mol. The number of carbonyl (C=O) groups excluding carboxylic acids is 1. The van der Waals surface area contributed by atoms with Gasteiger partial charge in [-0.15, -0.1) is 0 Å². The zero-order valence-corrected chi connectivity index (χ0v) is 10.7. The summed E-state index contributed by atoms with van der Waals surface area (Å²) in [5, 5.41) is 41.0. The standard InChI is InChI=1S/C14H12N2O5/c17-10-4-9(5-11(18)6-10)14(21)16-15-7-8-2-1-3-12(19)13(8)20/h1-7,17-20H,(H,16,21)/b15-7-. The molecule has 0 aliphatic carbocycles. The lowest BCUT2D eigenvalue weighted by Gasteiger charge is -2.03. The molecule has 0 radical (unpaired) electrons. The number of nitrogens with zero attached hydrogens (tertiary/aromatic N) is 1. The topological polar surface area (TPSA) is 122 Å². The van der Waals surface area contributed by atoms with Gasteiger partial charge in [0.1, 0.15) is 11.5 Å². The Bertz CT molecular complexity index is 692. The van der Waals surface area contributed by atoms with E-state index < -0.39 is 5.91 Å². The van der Waals surface area contributed by atoms with Crippen LogP contribution in [-0.2, 0) is 0 Å². The Morgan fingerprint density at radius 3 is 2.38 bits per heavy atom. The van der Waals surface area contributed by atoms with E-state index >= 15 is 0 Å². The molecule has 7 nitrogen and oxygen atoms in total. The van der Waals surface area contributed by atoms with E-state index in [2.05, 4.69) is 10.5 Å². The average Bonchev–Trinajstić information content (AvgIpc) is 2.42. The lowest BCUT2D eigenvalue weighted by molar-refractivity contribution is 0.0954. The van der Waals surface area contributed by atoms with Gasteiger partial charge in [0.2, 0.25) is 0 Å². The van der Waals surface area contributed by atoms with Crippen LogP contribution in [0.4, 0.5) is 0 Å². The number of para-hydroxylation sites is 1. The Hall–Kier alpha value is -3.22.